The highest BCUT2D eigenvalue weighted by molar-refractivity contribution is 6.03. The predicted molar refractivity (Wildman–Crippen MR) is 57.4 cm³/mol. The van der Waals surface area contributed by atoms with Crippen molar-refractivity contribution in [3.63, 3.8) is 0 Å². The third-order valence-electron chi connectivity index (χ3n) is 3.21. The minimum Gasteiger partial charge on any atom is -0.465 e. The number of rotatable bonds is 5. The van der Waals surface area contributed by atoms with E-state index in [1.54, 1.807) is 0 Å². The third kappa shape index (κ3) is 2.58. The summed E-state index contributed by atoms with van der Waals surface area (Å²) in [5.41, 5.74) is -0.811. The Hall–Kier alpha value is -0.860. The van der Waals surface area contributed by atoms with Crippen LogP contribution >= 0.6 is 0 Å². The van der Waals surface area contributed by atoms with Crippen molar-refractivity contribution in [3.8, 4) is 0 Å². The van der Waals surface area contributed by atoms with Gasteiger partial charge in [-0.3, -0.25) is 9.59 Å². The zero-order chi connectivity index (χ0) is 11.5. The molecule has 3 heteroatoms. The lowest BCUT2D eigenvalue weighted by molar-refractivity contribution is -0.151. The molecule has 3 nitrogen and oxygen atoms in total. The average Bonchev–Trinajstić information content (AvgIpc) is 2.48. The lowest BCUT2D eigenvalue weighted by Crippen LogP contribution is -2.34. The van der Waals surface area contributed by atoms with E-state index in [1.807, 2.05) is 0 Å². The van der Waals surface area contributed by atoms with Gasteiger partial charge in [0, 0.05) is 6.42 Å². The molecule has 0 amide bonds. The van der Waals surface area contributed by atoms with Gasteiger partial charge in [-0.25, -0.2) is 0 Å². The summed E-state index contributed by atoms with van der Waals surface area (Å²) < 4.78 is 4.93. The second-order valence-electron chi connectivity index (χ2n) is 4.81. The quantitative estimate of drug-likeness (QED) is 0.519. The number of esters is 1. The van der Waals surface area contributed by atoms with Crippen LogP contribution < -0.4 is 0 Å². The summed E-state index contributed by atoms with van der Waals surface area (Å²) in [5.74, 6) is 0.277. The van der Waals surface area contributed by atoms with Crippen LogP contribution in [-0.4, -0.2) is 18.4 Å². The standard InChI is InChI=1S/C12H20O3/c1-9(2)5-4-6-12(10(3)13)7-8-15-11(12)14/h9H,4-8H2,1-3H3. The van der Waals surface area contributed by atoms with Gasteiger partial charge in [0.25, 0.3) is 0 Å². The Morgan fingerprint density at radius 2 is 2.20 bits per heavy atom. The minimum absolute atomic E-state index is 0.0336. The maximum atomic E-state index is 11.6. The summed E-state index contributed by atoms with van der Waals surface area (Å²) in [6.45, 7) is 6.20. The number of hydrogen-bond acceptors (Lipinski definition) is 3. The Morgan fingerprint density at radius 1 is 1.53 bits per heavy atom. The number of carbonyl (C=O) groups excluding carboxylic acids is 2. The molecule has 1 aliphatic heterocycles. The first kappa shape index (κ1) is 12.2. The van der Waals surface area contributed by atoms with E-state index in [0.29, 0.717) is 25.4 Å². The Bertz CT molecular complexity index is 258. The molecular formula is C12H20O3. The second kappa shape index (κ2) is 4.77. The molecule has 0 aromatic heterocycles. The van der Waals surface area contributed by atoms with Gasteiger partial charge in [-0.15, -0.1) is 0 Å². The zero-order valence-electron chi connectivity index (χ0n) is 9.84. The highest BCUT2D eigenvalue weighted by Gasteiger charge is 2.47. The van der Waals surface area contributed by atoms with Gasteiger partial charge in [0.05, 0.1) is 6.61 Å². The van der Waals surface area contributed by atoms with Crippen LogP contribution in [0.3, 0.4) is 0 Å². The number of carbonyl (C=O) groups is 2. The summed E-state index contributed by atoms with van der Waals surface area (Å²) >= 11 is 0. The molecule has 0 saturated carbocycles. The van der Waals surface area contributed by atoms with E-state index in [4.69, 9.17) is 4.74 Å². The maximum Gasteiger partial charge on any atom is 0.319 e. The van der Waals surface area contributed by atoms with Crippen LogP contribution in [0.5, 0.6) is 0 Å². The van der Waals surface area contributed by atoms with Crippen LogP contribution in [0.25, 0.3) is 0 Å². The van der Waals surface area contributed by atoms with Crippen molar-refractivity contribution < 1.29 is 14.3 Å². The average molecular weight is 212 g/mol. The Balaban J connectivity index is 2.59. The van der Waals surface area contributed by atoms with Crippen molar-refractivity contribution in [1.82, 2.24) is 0 Å². The van der Waals surface area contributed by atoms with Gasteiger partial charge < -0.3 is 4.74 Å². The van der Waals surface area contributed by atoms with Crippen molar-refractivity contribution >= 4 is 11.8 Å². The molecule has 0 aromatic carbocycles. The molecule has 1 atom stereocenters. The monoisotopic (exact) mass is 212 g/mol. The van der Waals surface area contributed by atoms with Gasteiger partial charge in [0.1, 0.15) is 11.2 Å². The first-order valence-corrected chi connectivity index (χ1v) is 5.67. The molecule has 1 fully saturated rings. The fourth-order valence-electron chi connectivity index (χ4n) is 2.09. The maximum absolute atomic E-state index is 11.6. The number of ketones is 1. The van der Waals surface area contributed by atoms with Crippen LogP contribution in [0.1, 0.15) is 46.5 Å². The fourth-order valence-corrected chi connectivity index (χ4v) is 2.09. The van der Waals surface area contributed by atoms with Gasteiger partial charge in [-0.2, -0.15) is 0 Å². The Morgan fingerprint density at radius 3 is 2.60 bits per heavy atom. The lowest BCUT2D eigenvalue weighted by atomic mass is 9.77. The molecule has 1 aliphatic rings. The first-order chi connectivity index (χ1) is 6.99. The molecule has 0 radical (unpaired) electrons. The predicted octanol–water partition coefficient (Wildman–Crippen LogP) is 2.33. The van der Waals surface area contributed by atoms with Crippen LogP contribution in [0.2, 0.25) is 0 Å². The number of Topliss-reactive ketones (excluding diaryl/α,β-unsaturated/α-hetero) is 1. The normalized spacial score (nSPS) is 25.7. The van der Waals surface area contributed by atoms with Crippen molar-refractivity contribution in [2.45, 2.75) is 46.5 Å². The molecule has 86 valence electrons. The number of cyclic esters (lactones) is 1. The van der Waals surface area contributed by atoms with E-state index in [9.17, 15) is 9.59 Å². The lowest BCUT2D eigenvalue weighted by Gasteiger charge is -2.21. The molecule has 1 saturated heterocycles. The molecular weight excluding hydrogens is 192 g/mol. The summed E-state index contributed by atoms with van der Waals surface area (Å²) in [7, 11) is 0. The highest BCUT2D eigenvalue weighted by atomic mass is 16.5. The van der Waals surface area contributed by atoms with E-state index in [2.05, 4.69) is 13.8 Å². The molecule has 1 heterocycles. The molecule has 15 heavy (non-hydrogen) atoms. The summed E-state index contributed by atoms with van der Waals surface area (Å²) in [6, 6.07) is 0. The van der Waals surface area contributed by atoms with Gasteiger partial charge in [-0.1, -0.05) is 26.7 Å². The Labute approximate surface area is 91.2 Å². The molecule has 1 unspecified atom stereocenters. The van der Waals surface area contributed by atoms with E-state index in [0.717, 1.165) is 12.8 Å². The van der Waals surface area contributed by atoms with Gasteiger partial charge >= 0.3 is 5.97 Å². The minimum atomic E-state index is -0.811. The van der Waals surface area contributed by atoms with Crippen LogP contribution in [0.15, 0.2) is 0 Å². The topological polar surface area (TPSA) is 43.4 Å². The van der Waals surface area contributed by atoms with Crippen molar-refractivity contribution in [2.24, 2.45) is 11.3 Å². The second-order valence-corrected chi connectivity index (χ2v) is 4.81. The largest absolute Gasteiger partial charge is 0.465 e. The molecule has 0 spiro atoms. The first-order valence-electron chi connectivity index (χ1n) is 5.67. The van der Waals surface area contributed by atoms with E-state index in [1.165, 1.54) is 6.92 Å². The Kier molecular flexibility index (Phi) is 3.89. The highest BCUT2D eigenvalue weighted by Crippen LogP contribution is 2.36. The molecule has 0 aromatic rings. The summed E-state index contributed by atoms with van der Waals surface area (Å²) in [4.78, 5) is 23.1. The van der Waals surface area contributed by atoms with E-state index >= 15 is 0 Å². The van der Waals surface area contributed by atoms with Crippen LogP contribution in [0.4, 0.5) is 0 Å². The third-order valence-corrected chi connectivity index (χ3v) is 3.21. The molecule has 0 N–H and O–H groups in total. The summed E-state index contributed by atoms with van der Waals surface area (Å²) in [6.07, 6.45) is 3.20. The van der Waals surface area contributed by atoms with E-state index in [-0.39, 0.29) is 11.8 Å². The van der Waals surface area contributed by atoms with Gasteiger partial charge in [0.15, 0.2) is 0 Å². The smallest absolute Gasteiger partial charge is 0.319 e. The van der Waals surface area contributed by atoms with E-state index < -0.39 is 5.41 Å². The SMILES string of the molecule is CC(=O)C1(CCCC(C)C)CCOC1=O. The fraction of sp³-hybridized carbons (Fsp3) is 0.833. The zero-order valence-corrected chi connectivity index (χ0v) is 9.84. The van der Waals surface area contributed by atoms with Crippen molar-refractivity contribution in [1.29, 1.82) is 0 Å². The van der Waals surface area contributed by atoms with Gasteiger partial charge in [0.2, 0.25) is 0 Å². The van der Waals surface area contributed by atoms with Crippen LogP contribution in [-0.2, 0) is 14.3 Å². The molecule has 0 aliphatic carbocycles. The molecule has 1 rings (SSSR count). The van der Waals surface area contributed by atoms with Crippen molar-refractivity contribution in [2.75, 3.05) is 6.61 Å². The number of hydrogen-bond donors (Lipinski definition) is 0. The van der Waals surface area contributed by atoms with Crippen LogP contribution in [0, 0.1) is 11.3 Å². The number of ether oxygens (including phenoxy) is 1. The molecule has 0 bridgehead atoms. The summed E-state index contributed by atoms with van der Waals surface area (Å²) in [5, 5.41) is 0. The van der Waals surface area contributed by atoms with Gasteiger partial charge in [-0.05, 0) is 19.3 Å². The van der Waals surface area contributed by atoms with Crippen molar-refractivity contribution in [3.05, 3.63) is 0 Å².